The molecule has 0 aliphatic heterocycles. The first kappa shape index (κ1) is 15.5. The van der Waals surface area contributed by atoms with E-state index in [0.29, 0.717) is 12.5 Å². The normalized spacial score (nSPS) is 21.4. The van der Waals surface area contributed by atoms with Crippen molar-refractivity contribution < 1.29 is 9.90 Å². The summed E-state index contributed by atoms with van der Waals surface area (Å²) in [4.78, 5) is 10.5. The van der Waals surface area contributed by atoms with E-state index in [2.05, 4.69) is 42.5 Å². The number of carboxylic acid groups (broad SMARTS) is 1. The van der Waals surface area contributed by atoms with Crippen LogP contribution in [-0.2, 0) is 4.79 Å². The van der Waals surface area contributed by atoms with Crippen LogP contribution in [0.1, 0.15) is 25.7 Å². The Kier molecular flexibility index (Phi) is 5.76. The fraction of sp³-hybridized carbons (Fsp3) is 0.389. The number of aliphatic carboxylic acids is 1. The van der Waals surface area contributed by atoms with Gasteiger partial charge in [-0.1, -0.05) is 48.5 Å². The van der Waals surface area contributed by atoms with Gasteiger partial charge in [-0.25, -0.2) is 0 Å². The first-order valence-corrected chi connectivity index (χ1v) is 7.57. The van der Waals surface area contributed by atoms with Crippen LogP contribution in [0.3, 0.4) is 0 Å². The van der Waals surface area contributed by atoms with Crippen LogP contribution < -0.4 is 5.73 Å². The van der Waals surface area contributed by atoms with Crippen molar-refractivity contribution in [3.05, 3.63) is 48.5 Å². The fourth-order valence-corrected chi connectivity index (χ4v) is 2.78. The Hall–Kier alpha value is -1.87. The molecule has 3 aliphatic carbocycles. The van der Waals surface area contributed by atoms with Gasteiger partial charge in [0, 0.05) is 0 Å². The summed E-state index contributed by atoms with van der Waals surface area (Å²) in [6.07, 6.45) is 3.62. The van der Waals surface area contributed by atoms with Gasteiger partial charge in [0.05, 0.1) is 5.92 Å². The van der Waals surface area contributed by atoms with Gasteiger partial charge >= 0.3 is 5.97 Å². The van der Waals surface area contributed by atoms with Crippen molar-refractivity contribution in [3.8, 4) is 11.1 Å². The molecule has 0 unspecified atom stereocenters. The molecule has 3 nitrogen and oxygen atoms in total. The van der Waals surface area contributed by atoms with Gasteiger partial charge in [-0.2, -0.15) is 0 Å². The van der Waals surface area contributed by atoms with E-state index in [0.717, 1.165) is 25.7 Å². The molecule has 0 atom stereocenters. The highest BCUT2D eigenvalue weighted by Crippen LogP contribution is 2.27. The summed E-state index contributed by atoms with van der Waals surface area (Å²) in [6, 6.07) is 16.7. The Labute approximate surface area is 126 Å². The summed E-state index contributed by atoms with van der Waals surface area (Å²) in [5.74, 6) is -0.163. The number of hydrogen-bond donors (Lipinski definition) is 2. The van der Waals surface area contributed by atoms with Gasteiger partial charge < -0.3 is 10.8 Å². The molecule has 21 heavy (non-hydrogen) atoms. The lowest BCUT2D eigenvalue weighted by atomic mass is 9.82. The zero-order chi connectivity index (χ0) is 15.1. The van der Waals surface area contributed by atoms with Gasteiger partial charge in [-0.05, 0) is 49.3 Å². The average molecular weight is 285 g/mol. The smallest absolute Gasteiger partial charge is 0.306 e. The molecule has 0 radical (unpaired) electrons. The van der Waals surface area contributed by atoms with Gasteiger partial charge in [0.1, 0.15) is 0 Å². The lowest BCUT2D eigenvalue weighted by molar-refractivity contribution is -0.143. The fourth-order valence-electron chi connectivity index (χ4n) is 2.78. The summed E-state index contributed by atoms with van der Waals surface area (Å²) in [5, 5.41) is 8.67. The number of rotatable bonds is 2. The Balaban J connectivity index is 0.000000154. The molecule has 0 bridgehead atoms. The van der Waals surface area contributed by atoms with E-state index in [1.54, 1.807) is 0 Å². The molecule has 1 saturated carbocycles. The minimum atomic E-state index is -0.638. The SMILES string of the molecule is NCC1CCC(C(=O)O)CC1.c1ccc2cccc-2cc1. The highest BCUT2D eigenvalue weighted by atomic mass is 16.4. The molecule has 0 spiro atoms. The molecular weight excluding hydrogens is 262 g/mol. The lowest BCUT2D eigenvalue weighted by Crippen LogP contribution is -2.25. The zero-order valence-corrected chi connectivity index (χ0v) is 12.2. The lowest BCUT2D eigenvalue weighted by Gasteiger charge is -2.24. The maximum Gasteiger partial charge on any atom is 0.306 e. The molecular formula is C18H23NO2. The molecule has 0 aromatic carbocycles. The molecule has 3 aliphatic rings. The molecule has 0 aromatic rings. The second kappa shape index (κ2) is 7.79. The van der Waals surface area contributed by atoms with Gasteiger partial charge in [-0.15, -0.1) is 0 Å². The zero-order valence-electron chi connectivity index (χ0n) is 12.2. The van der Waals surface area contributed by atoms with Crippen LogP contribution in [0.25, 0.3) is 11.1 Å². The summed E-state index contributed by atoms with van der Waals surface area (Å²) in [5.41, 5.74) is 8.10. The summed E-state index contributed by atoms with van der Waals surface area (Å²) in [7, 11) is 0. The Morgan fingerprint density at radius 3 is 1.95 bits per heavy atom. The van der Waals surface area contributed by atoms with E-state index in [9.17, 15) is 4.79 Å². The Bertz CT molecular complexity index is 505. The van der Waals surface area contributed by atoms with Crippen molar-refractivity contribution in [2.75, 3.05) is 6.54 Å². The number of carboxylic acids is 1. The molecule has 0 heterocycles. The molecule has 3 N–H and O–H groups in total. The molecule has 0 amide bonds. The van der Waals surface area contributed by atoms with E-state index in [4.69, 9.17) is 10.8 Å². The maximum absolute atomic E-state index is 10.5. The van der Waals surface area contributed by atoms with Crippen molar-refractivity contribution in [2.24, 2.45) is 17.6 Å². The van der Waals surface area contributed by atoms with Gasteiger partial charge in [0.15, 0.2) is 0 Å². The molecule has 3 heteroatoms. The van der Waals surface area contributed by atoms with E-state index in [1.165, 1.54) is 11.1 Å². The molecule has 0 saturated heterocycles. The number of hydrogen-bond acceptors (Lipinski definition) is 2. The van der Waals surface area contributed by atoms with Crippen LogP contribution in [0.5, 0.6) is 0 Å². The maximum atomic E-state index is 10.5. The van der Waals surface area contributed by atoms with E-state index in [1.807, 2.05) is 6.07 Å². The largest absolute Gasteiger partial charge is 0.481 e. The first-order chi connectivity index (χ1) is 10.2. The van der Waals surface area contributed by atoms with E-state index in [-0.39, 0.29) is 5.92 Å². The Morgan fingerprint density at radius 1 is 0.952 bits per heavy atom. The van der Waals surface area contributed by atoms with Crippen molar-refractivity contribution >= 4 is 5.97 Å². The molecule has 0 aromatic heterocycles. The van der Waals surface area contributed by atoms with Crippen LogP contribution in [0, 0.1) is 11.8 Å². The van der Waals surface area contributed by atoms with Crippen LogP contribution in [0.2, 0.25) is 0 Å². The van der Waals surface area contributed by atoms with Crippen LogP contribution >= 0.6 is 0 Å². The monoisotopic (exact) mass is 285 g/mol. The van der Waals surface area contributed by atoms with Crippen LogP contribution in [0.4, 0.5) is 0 Å². The summed E-state index contributed by atoms with van der Waals surface area (Å²) in [6.45, 7) is 0.715. The van der Waals surface area contributed by atoms with E-state index < -0.39 is 5.97 Å². The third-order valence-corrected chi connectivity index (χ3v) is 4.19. The molecule has 3 rings (SSSR count). The van der Waals surface area contributed by atoms with Crippen LogP contribution in [0.15, 0.2) is 48.5 Å². The molecule has 112 valence electrons. The van der Waals surface area contributed by atoms with Crippen molar-refractivity contribution in [2.45, 2.75) is 25.7 Å². The first-order valence-electron chi connectivity index (χ1n) is 7.57. The minimum absolute atomic E-state index is 0.0993. The van der Waals surface area contributed by atoms with Gasteiger partial charge in [0.2, 0.25) is 0 Å². The number of nitrogens with two attached hydrogens (primary N) is 1. The van der Waals surface area contributed by atoms with Crippen molar-refractivity contribution in [3.63, 3.8) is 0 Å². The minimum Gasteiger partial charge on any atom is -0.481 e. The standard InChI is InChI=1S/C10H8.C8H15NO2/c1-2-5-9-7-4-8-10(9)6-3-1;9-5-6-1-3-7(4-2-6)8(10)11/h1-8H;6-7H,1-5,9H2,(H,10,11). The average Bonchev–Trinajstić information content (AvgIpc) is 2.84. The number of fused-ring (bicyclic) bond motifs is 1. The van der Waals surface area contributed by atoms with Crippen molar-refractivity contribution in [1.29, 1.82) is 0 Å². The second-order valence-electron chi connectivity index (χ2n) is 5.64. The predicted octanol–water partition coefficient (Wildman–Crippen LogP) is 3.63. The van der Waals surface area contributed by atoms with Crippen LogP contribution in [-0.4, -0.2) is 17.6 Å². The highest BCUT2D eigenvalue weighted by molar-refractivity contribution is 5.70. The summed E-state index contributed by atoms with van der Waals surface area (Å²) >= 11 is 0. The molecule has 1 fully saturated rings. The van der Waals surface area contributed by atoms with Gasteiger partial charge in [-0.3, -0.25) is 4.79 Å². The second-order valence-corrected chi connectivity index (χ2v) is 5.64. The topological polar surface area (TPSA) is 63.3 Å². The van der Waals surface area contributed by atoms with E-state index >= 15 is 0 Å². The third-order valence-electron chi connectivity index (χ3n) is 4.19. The van der Waals surface area contributed by atoms with Crippen molar-refractivity contribution in [1.82, 2.24) is 0 Å². The predicted molar refractivity (Wildman–Crippen MR) is 85.2 cm³/mol. The van der Waals surface area contributed by atoms with Gasteiger partial charge in [0.25, 0.3) is 0 Å². The third kappa shape index (κ3) is 4.57. The Morgan fingerprint density at radius 2 is 1.48 bits per heavy atom. The summed E-state index contributed by atoms with van der Waals surface area (Å²) < 4.78 is 0. The quantitative estimate of drug-likeness (QED) is 0.885. The highest BCUT2D eigenvalue weighted by Gasteiger charge is 2.24. The number of carbonyl (C=O) groups is 1.